The van der Waals surface area contributed by atoms with Gasteiger partial charge in [0.25, 0.3) is 0 Å². The Morgan fingerprint density at radius 1 is 1.04 bits per heavy atom. The summed E-state index contributed by atoms with van der Waals surface area (Å²) in [4.78, 5) is 14.1. The zero-order valence-corrected chi connectivity index (χ0v) is 16.7. The highest BCUT2D eigenvalue weighted by Crippen LogP contribution is 2.34. The Morgan fingerprint density at radius 3 is 2.21 bits per heavy atom. The van der Waals surface area contributed by atoms with Crippen molar-refractivity contribution in [1.82, 2.24) is 9.21 Å². The molecule has 0 aliphatic carbocycles. The van der Waals surface area contributed by atoms with Gasteiger partial charge in [-0.05, 0) is 49.9 Å². The molecule has 3 rings (SSSR count). The van der Waals surface area contributed by atoms with Gasteiger partial charge in [-0.1, -0.05) is 11.6 Å². The second kappa shape index (κ2) is 8.20. The predicted octanol–water partition coefficient (Wildman–Crippen LogP) is 3.54. The molecule has 2 aliphatic rings. The maximum atomic E-state index is 13.0. The van der Waals surface area contributed by atoms with Gasteiger partial charge in [-0.25, -0.2) is 8.42 Å². The summed E-state index contributed by atoms with van der Waals surface area (Å²) in [7, 11) is -3.68. The Labute approximate surface area is 167 Å². The Hall–Kier alpha value is -1.32. The van der Waals surface area contributed by atoms with Crippen LogP contribution in [0.4, 0.5) is 13.2 Å². The summed E-state index contributed by atoms with van der Waals surface area (Å²) >= 11 is 5.79. The smallest absolute Gasteiger partial charge is 0.342 e. The fraction of sp³-hybridized carbons (Fsp3) is 0.611. The van der Waals surface area contributed by atoms with Gasteiger partial charge in [-0.2, -0.15) is 17.5 Å². The van der Waals surface area contributed by atoms with Gasteiger partial charge in [0.05, 0.1) is 10.8 Å². The molecule has 1 atom stereocenters. The lowest BCUT2D eigenvalue weighted by Crippen LogP contribution is -2.49. The molecule has 0 N–H and O–H groups in total. The minimum absolute atomic E-state index is 0.0467. The van der Waals surface area contributed by atoms with E-state index in [-0.39, 0.29) is 36.9 Å². The number of carbonyl (C=O) groups is 1. The van der Waals surface area contributed by atoms with Crippen LogP contribution in [0.3, 0.4) is 0 Å². The first kappa shape index (κ1) is 21.4. The average Bonchev–Trinajstić information content (AvgIpc) is 2.67. The number of hydrogen-bond acceptors (Lipinski definition) is 3. The van der Waals surface area contributed by atoms with Crippen molar-refractivity contribution in [3.63, 3.8) is 0 Å². The van der Waals surface area contributed by atoms with E-state index in [9.17, 15) is 26.4 Å². The fourth-order valence-electron chi connectivity index (χ4n) is 3.80. The van der Waals surface area contributed by atoms with E-state index in [1.165, 1.54) is 33.5 Å². The zero-order valence-electron chi connectivity index (χ0n) is 15.2. The van der Waals surface area contributed by atoms with Crippen molar-refractivity contribution in [2.45, 2.75) is 36.8 Å². The van der Waals surface area contributed by atoms with Crippen molar-refractivity contribution in [2.75, 3.05) is 26.2 Å². The first-order chi connectivity index (χ1) is 13.1. The molecule has 2 aliphatic heterocycles. The standard InChI is InChI=1S/C18H22ClF3N2O3S/c19-15-3-5-16(6-4-15)28(26,27)24-10-7-13(8-11-24)17(25)23-9-1-2-14(12-23)18(20,21)22/h3-6,13-14H,1-2,7-12H2/t14-/m0/s1. The van der Waals surface area contributed by atoms with Crippen LogP contribution in [-0.2, 0) is 14.8 Å². The van der Waals surface area contributed by atoms with E-state index in [1.807, 2.05) is 0 Å². The number of benzene rings is 1. The van der Waals surface area contributed by atoms with Gasteiger partial charge in [-0.3, -0.25) is 4.79 Å². The van der Waals surface area contributed by atoms with Gasteiger partial charge < -0.3 is 4.90 Å². The van der Waals surface area contributed by atoms with Crippen molar-refractivity contribution < 1.29 is 26.4 Å². The third-order valence-corrected chi connectivity index (χ3v) is 7.62. The Kier molecular flexibility index (Phi) is 6.26. The second-order valence-corrected chi connectivity index (χ2v) is 9.67. The van der Waals surface area contributed by atoms with Gasteiger partial charge in [0.2, 0.25) is 15.9 Å². The molecule has 0 unspecified atom stereocenters. The Morgan fingerprint density at radius 2 is 1.64 bits per heavy atom. The number of piperidine rings is 2. The molecule has 1 amide bonds. The number of halogens is 4. The van der Waals surface area contributed by atoms with Crippen LogP contribution in [-0.4, -0.2) is 55.9 Å². The van der Waals surface area contributed by atoms with E-state index < -0.39 is 28.0 Å². The van der Waals surface area contributed by atoms with Crippen LogP contribution >= 0.6 is 11.6 Å². The van der Waals surface area contributed by atoms with Gasteiger partial charge in [-0.15, -0.1) is 0 Å². The van der Waals surface area contributed by atoms with Gasteiger partial charge in [0.15, 0.2) is 0 Å². The first-order valence-corrected chi connectivity index (χ1v) is 11.0. The molecule has 5 nitrogen and oxygen atoms in total. The highest BCUT2D eigenvalue weighted by molar-refractivity contribution is 7.89. The summed E-state index contributed by atoms with van der Waals surface area (Å²) < 4.78 is 65.6. The number of rotatable bonds is 3. The van der Waals surface area contributed by atoms with E-state index in [1.54, 1.807) is 0 Å². The molecular weight excluding hydrogens is 417 g/mol. The van der Waals surface area contributed by atoms with Gasteiger partial charge in [0.1, 0.15) is 0 Å². The van der Waals surface area contributed by atoms with Crippen molar-refractivity contribution in [3.05, 3.63) is 29.3 Å². The molecule has 2 saturated heterocycles. The quantitative estimate of drug-likeness (QED) is 0.725. The number of hydrogen-bond donors (Lipinski definition) is 0. The third-order valence-electron chi connectivity index (χ3n) is 5.45. The van der Waals surface area contributed by atoms with Gasteiger partial charge >= 0.3 is 6.18 Å². The SMILES string of the molecule is O=C(C1CCN(S(=O)(=O)c2ccc(Cl)cc2)CC1)N1CCC[C@H](C(F)(F)F)C1. The summed E-state index contributed by atoms with van der Waals surface area (Å²) in [5.74, 6) is -2.21. The number of likely N-dealkylation sites (tertiary alicyclic amines) is 1. The Balaban J connectivity index is 1.60. The van der Waals surface area contributed by atoms with Crippen molar-refractivity contribution in [3.8, 4) is 0 Å². The molecular formula is C18H22ClF3N2O3S. The number of nitrogens with zero attached hydrogens (tertiary/aromatic N) is 2. The van der Waals surface area contributed by atoms with Crippen LogP contribution in [0.5, 0.6) is 0 Å². The summed E-state index contributed by atoms with van der Waals surface area (Å²) in [6, 6.07) is 5.86. The summed E-state index contributed by atoms with van der Waals surface area (Å²) in [5, 5.41) is 0.432. The number of carbonyl (C=O) groups excluding carboxylic acids is 1. The van der Waals surface area contributed by atoms with Gasteiger partial charge in [0, 0.05) is 37.1 Å². The molecule has 0 bridgehead atoms. The molecule has 10 heteroatoms. The molecule has 0 spiro atoms. The molecule has 2 heterocycles. The third kappa shape index (κ3) is 4.63. The zero-order chi connectivity index (χ0) is 20.5. The molecule has 156 valence electrons. The normalized spacial score (nSPS) is 23.0. The number of sulfonamides is 1. The summed E-state index contributed by atoms with van der Waals surface area (Å²) in [5.41, 5.74) is 0. The lowest BCUT2D eigenvalue weighted by atomic mass is 9.92. The maximum Gasteiger partial charge on any atom is 0.393 e. The molecule has 0 aromatic heterocycles. The van der Waals surface area contributed by atoms with E-state index in [4.69, 9.17) is 11.6 Å². The van der Waals surface area contributed by atoms with Crippen LogP contribution in [0.2, 0.25) is 5.02 Å². The highest BCUT2D eigenvalue weighted by atomic mass is 35.5. The van der Waals surface area contributed by atoms with Crippen molar-refractivity contribution in [1.29, 1.82) is 0 Å². The van der Waals surface area contributed by atoms with E-state index in [2.05, 4.69) is 0 Å². The minimum atomic E-state index is -4.30. The van der Waals surface area contributed by atoms with E-state index >= 15 is 0 Å². The average molecular weight is 439 g/mol. The van der Waals surface area contributed by atoms with Crippen LogP contribution in [0, 0.1) is 11.8 Å². The molecule has 0 saturated carbocycles. The van der Waals surface area contributed by atoms with E-state index in [0.29, 0.717) is 30.8 Å². The maximum absolute atomic E-state index is 13.0. The summed E-state index contributed by atoms with van der Waals surface area (Å²) in [6.07, 6.45) is -3.31. The lowest BCUT2D eigenvalue weighted by molar-refractivity contribution is -0.188. The lowest BCUT2D eigenvalue weighted by Gasteiger charge is -2.38. The fourth-order valence-corrected chi connectivity index (χ4v) is 5.40. The largest absolute Gasteiger partial charge is 0.393 e. The van der Waals surface area contributed by atoms with Crippen LogP contribution in [0.25, 0.3) is 0 Å². The van der Waals surface area contributed by atoms with Crippen LogP contribution in [0.15, 0.2) is 29.2 Å². The summed E-state index contributed by atoms with van der Waals surface area (Å²) in [6.45, 7) is 0.357. The highest BCUT2D eigenvalue weighted by Gasteiger charge is 2.44. The van der Waals surface area contributed by atoms with Crippen LogP contribution in [0.1, 0.15) is 25.7 Å². The second-order valence-electron chi connectivity index (χ2n) is 7.30. The predicted molar refractivity (Wildman–Crippen MR) is 98.3 cm³/mol. The van der Waals surface area contributed by atoms with Crippen molar-refractivity contribution >= 4 is 27.5 Å². The minimum Gasteiger partial charge on any atom is -0.342 e. The molecule has 28 heavy (non-hydrogen) atoms. The van der Waals surface area contributed by atoms with Crippen LogP contribution < -0.4 is 0 Å². The number of amides is 1. The monoisotopic (exact) mass is 438 g/mol. The van der Waals surface area contributed by atoms with E-state index in [0.717, 1.165) is 0 Å². The first-order valence-electron chi connectivity index (χ1n) is 9.20. The van der Waals surface area contributed by atoms with Crippen molar-refractivity contribution in [2.24, 2.45) is 11.8 Å². The topological polar surface area (TPSA) is 57.7 Å². The number of alkyl halides is 3. The molecule has 2 fully saturated rings. The molecule has 1 aromatic carbocycles. The Bertz CT molecular complexity index is 806. The molecule has 0 radical (unpaired) electrons. The molecule has 1 aromatic rings.